The molecule has 1 fully saturated rings. The Morgan fingerprint density at radius 3 is 2.68 bits per heavy atom. The van der Waals surface area contributed by atoms with E-state index in [9.17, 15) is 12.8 Å². The molecule has 0 bridgehead atoms. The first-order valence-electron chi connectivity index (χ1n) is 7.44. The standard InChI is InChI=1S/C15H23FN2O3S/c1-18-9-6-12(7-10-18)5-8-17-22(19,20)15-11-13(16)3-4-14(15)21-2/h3-4,11-12,17H,5-10H2,1-2H3. The van der Waals surface area contributed by atoms with E-state index in [4.69, 9.17) is 4.74 Å². The molecule has 1 aliphatic heterocycles. The molecule has 0 aliphatic carbocycles. The lowest BCUT2D eigenvalue weighted by molar-refractivity contribution is 0.213. The van der Waals surface area contributed by atoms with E-state index < -0.39 is 15.8 Å². The highest BCUT2D eigenvalue weighted by Crippen LogP contribution is 2.24. The number of likely N-dealkylation sites (tertiary alicyclic amines) is 1. The maximum atomic E-state index is 13.3. The molecule has 0 spiro atoms. The van der Waals surface area contributed by atoms with Crippen molar-refractivity contribution >= 4 is 10.0 Å². The fourth-order valence-electron chi connectivity index (χ4n) is 2.69. The number of sulfonamides is 1. The normalized spacial score (nSPS) is 17.6. The molecular weight excluding hydrogens is 307 g/mol. The van der Waals surface area contributed by atoms with Gasteiger partial charge in [0.1, 0.15) is 16.5 Å². The largest absolute Gasteiger partial charge is 0.495 e. The van der Waals surface area contributed by atoms with Crippen LogP contribution in [0.4, 0.5) is 4.39 Å². The summed E-state index contributed by atoms with van der Waals surface area (Å²) in [7, 11) is -0.304. The number of halogens is 1. The van der Waals surface area contributed by atoms with Crippen LogP contribution in [0.2, 0.25) is 0 Å². The van der Waals surface area contributed by atoms with Gasteiger partial charge in [0.25, 0.3) is 0 Å². The van der Waals surface area contributed by atoms with Crippen LogP contribution in [0.1, 0.15) is 19.3 Å². The van der Waals surface area contributed by atoms with E-state index >= 15 is 0 Å². The lowest BCUT2D eigenvalue weighted by Gasteiger charge is -2.28. The van der Waals surface area contributed by atoms with E-state index in [1.807, 2.05) is 0 Å². The van der Waals surface area contributed by atoms with Gasteiger partial charge < -0.3 is 9.64 Å². The van der Waals surface area contributed by atoms with E-state index in [-0.39, 0.29) is 10.6 Å². The fourth-order valence-corrected chi connectivity index (χ4v) is 3.91. The van der Waals surface area contributed by atoms with Crippen LogP contribution < -0.4 is 9.46 Å². The number of ether oxygens (including phenoxy) is 1. The van der Waals surface area contributed by atoms with Crippen LogP contribution in [-0.2, 0) is 10.0 Å². The first-order valence-corrected chi connectivity index (χ1v) is 8.92. The summed E-state index contributed by atoms with van der Waals surface area (Å²) >= 11 is 0. The highest BCUT2D eigenvalue weighted by molar-refractivity contribution is 7.89. The van der Waals surface area contributed by atoms with Crippen LogP contribution >= 0.6 is 0 Å². The molecule has 7 heteroatoms. The third-order valence-corrected chi connectivity index (χ3v) is 5.58. The van der Waals surface area contributed by atoms with Crippen molar-refractivity contribution in [3.05, 3.63) is 24.0 Å². The molecule has 1 heterocycles. The molecule has 0 aromatic heterocycles. The molecule has 1 aromatic carbocycles. The molecule has 0 unspecified atom stereocenters. The van der Waals surface area contributed by atoms with Crippen LogP contribution in [0.5, 0.6) is 5.75 Å². The fraction of sp³-hybridized carbons (Fsp3) is 0.600. The Kier molecular flexibility index (Phi) is 5.77. The summed E-state index contributed by atoms with van der Waals surface area (Å²) in [6.45, 7) is 2.46. The Bertz CT molecular complexity index is 599. The summed E-state index contributed by atoms with van der Waals surface area (Å²) in [5, 5.41) is 0. The lowest BCUT2D eigenvalue weighted by atomic mass is 9.94. The summed E-state index contributed by atoms with van der Waals surface area (Å²) in [6, 6.07) is 3.48. The Balaban J connectivity index is 1.95. The van der Waals surface area contributed by atoms with Gasteiger partial charge in [0.05, 0.1) is 7.11 Å². The number of piperidine rings is 1. The molecule has 0 saturated carbocycles. The van der Waals surface area contributed by atoms with Crippen LogP contribution in [0, 0.1) is 11.7 Å². The SMILES string of the molecule is COc1ccc(F)cc1S(=O)(=O)NCCC1CCN(C)CC1. The average molecular weight is 330 g/mol. The van der Waals surface area contributed by atoms with Crippen molar-refractivity contribution in [3.63, 3.8) is 0 Å². The zero-order chi connectivity index (χ0) is 16.2. The third-order valence-electron chi connectivity index (χ3n) is 4.10. The van der Waals surface area contributed by atoms with E-state index in [0.717, 1.165) is 38.4 Å². The Morgan fingerprint density at radius 2 is 2.05 bits per heavy atom. The second-order valence-electron chi connectivity index (χ2n) is 5.73. The minimum Gasteiger partial charge on any atom is -0.495 e. The van der Waals surface area contributed by atoms with Gasteiger partial charge in [0, 0.05) is 6.54 Å². The van der Waals surface area contributed by atoms with Crippen molar-refractivity contribution < 1.29 is 17.5 Å². The molecule has 1 N–H and O–H groups in total. The van der Waals surface area contributed by atoms with Crippen molar-refractivity contribution in [2.75, 3.05) is 33.8 Å². The Morgan fingerprint density at radius 1 is 1.36 bits per heavy atom. The maximum Gasteiger partial charge on any atom is 0.244 e. The van der Waals surface area contributed by atoms with Gasteiger partial charge in [-0.1, -0.05) is 0 Å². The highest BCUT2D eigenvalue weighted by Gasteiger charge is 2.21. The van der Waals surface area contributed by atoms with E-state index in [0.29, 0.717) is 12.5 Å². The van der Waals surface area contributed by atoms with Crippen LogP contribution in [-0.4, -0.2) is 47.1 Å². The third kappa shape index (κ3) is 4.41. The lowest BCUT2D eigenvalue weighted by Crippen LogP contribution is -2.32. The van der Waals surface area contributed by atoms with Gasteiger partial charge in [-0.05, 0) is 63.5 Å². The summed E-state index contributed by atoms with van der Waals surface area (Å²) in [5.74, 6) is 0.0815. The van der Waals surface area contributed by atoms with Gasteiger partial charge in [0.15, 0.2) is 0 Å². The molecule has 0 amide bonds. The zero-order valence-electron chi connectivity index (χ0n) is 13.0. The van der Waals surface area contributed by atoms with Crippen molar-refractivity contribution in [3.8, 4) is 5.75 Å². The van der Waals surface area contributed by atoms with Crippen molar-refractivity contribution in [2.45, 2.75) is 24.2 Å². The molecular formula is C15H23FN2O3S. The molecule has 0 atom stereocenters. The smallest absolute Gasteiger partial charge is 0.244 e. The van der Waals surface area contributed by atoms with E-state index in [2.05, 4.69) is 16.7 Å². The van der Waals surface area contributed by atoms with E-state index in [1.165, 1.54) is 19.2 Å². The minimum atomic E-state index is -3.76. The number of benzene rings is 1. The summed E-state index contributed by atoms with van der Waals surface area (Å²) in [6.07, 6.45) is 2.97. The molecule has 2 rings (SSSR count). The first-order chi connectivity index (χ1) is 10.4. The predicted molar refractivity (Wildman–Crippen MR) is 83.0 cm³/mol. The second-order valence-corrected chi connectivity index (χ2v) is 7.46. The van der Waals surface area contributed by atoms with Crippen molar-refractivity contribution in [2.24, 2.45) is 5.92 Å². The van der Waals surface area contributed by atoms with Gasteiger partial charge in [-0.3, -0.25) is 0 Å². The topological polar surface area (TPSA) is 58.6 Å². The van der Waals surface area contributed by atoms with Gasteiger partial charge in [-0.25, -0.2) is 17.5 Å². The van der Waals surface area contributed by atoms with Crippen molar-refractivity contribution in [1.29, 1.82) is 0 Å². The summed E-state index contributed by atoms with van der Waals surface area (Å²) in [5.41, 5.74) is 0. The number of methoxy groups -OCH3 is 1. The monoisotopic (exact) mass is 330 g/mol. The molecule has 0 radical (unpaired) electrons. The molecule has 5 nitrogen and oxygen atoms in total. The minimum absolute atomic E-state index is 0.146. The van der Waals surface area contributed by atoms with Gasteiger partial charge in [-0.2, -0.15) is 0 Å². The predicted octanol–water partition coefficient (Wildman–Crippen LogP) is 1.84. The maximum absolute atomic E-state index is 13.3. The number of nitrogens with one attached hydrogen (secondary N) is 1. The zero-order valence-corrected chi connectivity index (χ0v) is 13.8. The highest BCUT2D eigenvalue weighted by atomic mass is 32.2. The number of hydrogen-bond donors (Lipinski definition) is 1. The molecule has 124 valence electrons. The Hall–Kier alpha value is -1.18. The first kappa shape index (κ1) is 17.2. The average Bonchev–Trinajstić information content (AvgIpc) is 2.49. The van der Waals surface area contributed by atoms with Crippen LogP contribution in [0.25, 0.3) is 0 Å². The van der Waals surface area contributed by atoms with Crippen molar-refractivity contribution in [1.82, 2.24) is 9.62 Å². The Labute approximate surface area is 131 Å². The van der Waals surface area contributed by atoms with Crippen LogP contribution in [0.15, 0.2) is 23.1 Å². The van der Waals surface area contributed by atoms with E-state index in [1.54, 1.807) is 0 Å². The molecule has 1 aromatic rings. The molecule has 22 heavy (non-hydrogen) atoms. The van der Waals surface area contributed by atoms with Crippen LogP contribution in [0.3, 0.4) is 0 Å². The molecule has 1 saturated heterocycles. The quantitative estimate of drug-likeness (QED) is 0.865. The van der Waals surface area contributed by atoms with Gasteiger partial charge in [-0.15, -0.1) is 0 Å². The summed E-state index contributed by atoms with van der Waals surface area (Å²) < 4.78 is 45.4. The number of hydrogen-bond acceptors (Lipinski definition) is 4. The van der Waals surface area contributed by atoms with Gasteiger partial charge in [0.2, 0.25) is 10.0 Å². The second kappa shape index (κ2) is 7.39. The van der Waals surface area contributed by atoms with Gasteiger partial charge >= 0.3 is 0 Å². The number of nitrogens with zero attached hydrogens (tertiary/aromatic N) is 1. The molecule has 1 aliphatic rings. The number of rotatable bonds is 6. The summed E-state index contributed by atoms with van der Waals surface area (Å²) in [4.78, 5) is 2.12.